The number of hydrogen-bond acceptors (Lipinski definition) is 7. The number of rotatable bonds is 5. The smallest absolute Gasteiger partial charge is 0.355 e. The zero-order valence-corrected chi connectivity index (χ0v) is 14.8. The number of nitrogens with zero attached hydrogens (tertiary/aromatic N) is 3. The van der Waals surface area contributed by atoms with E-state index in [4.69, 9.17) is 4.74 Å². The molecule has 1 saturated heterocycles. The summed E-state index contributed by atoms with van der Waals surface area (Å²) in [6.45, 7) is 3.48. The summed E-state index contributed by atoms with van der Waals surface area (Å²) in [5.74, 6) is -2.83. The van der Waals surface area contributed by atoms with Crippen molar-refractivity contribution in [3.8, 4) is 0 Å². The first-order valence-corrected chi connectivity index (χ1v) is 8.22. The Balaban J connectivity index is 1.97. The molecule has 0 unspecified atom stereocenters. The van der Waals surface area contributed by atoms with Crippen LogP contribution in [0.4, 0.5) is 5.69 Å². The third kappa shape index (κ3) is 2.87. The molecular formula is C18H19N3O5. The number of methoxy groups -OCH3 is 1. The lowest BCUT2D eigenvalue weighted by molar-refractivity contribution is -0.133. The number of carbonyl (C=O) groups excluding carboxylic acids is 4. The Morgan fingerprint density at radius 1 is 1.15 bits per heavy atom. The molecule has 1 aromatic rings. The summed E-state index contributed by atoms with van der Waals surface area (Å²) < 4.78 is 4.71. The summed E-state index contributed by atoms with van der Waals surface area (Å²) in [6.07, 6.45) is 0.160. The van der Waals surface area contributed by atoms with Gasteiger partial charge in [0.2, 0.25) is 5.91 Å². The molecule has 8 nitrogen and oxygen atoms in total. The number of ether oxygens (including phenoxy) is 1. The van der Waals surface area contributed by atoms with Crippen LogP contribution in [0.15, 0.2) is 29.4 Å². The quantitative estimate of drug-likeness (QED) is 0.568. The van der Waals surface area contributed by atoms with E-state index in [2.05, 4.69) is 5.10 Å². The molecule has 8 heteroatoms. The average Bonchev–Trinajstić information content (AvgIpc) is 3.11. The maximum Gasteiger partial charge on any atom is 0.355 e. The molecule has 0 bridgehead atoms. The maximum atomic E-state index is 12.9. The highest BCUT2D eigenvalue weighted by molar-refractivity contribution is 6.46. The first kappa shape index (κ1) is 17.8. The summed E-state index contributed by atoms with van der Waals surface area (Å²) in [4.78, 5) is 50.3. The van der Waals surface area contributed by atoms with Gasteiger partial charge in [0.05, 0.1) is 12.8 Å². The second kappa shape index (κ2) is 6.70. The minimum Gasteiger partial charge on any atom is -0.464 e. The van der Waals surface area contributed by atoms with Gasteiger partial charge in [0, 0.05) is 13.0 Å². The maximum absolute atomic E-state index is 12.9. The minimum absolute atomic E-state index is 0.0737. The summed E-state index contributed by atoms with van der Waals surface area (Å²) in [6, 6.07) is 6.03. The van der Waals surface area contributed by atoms with Gasteiger partial charge < -0.3 is 4.74 Å². The molecule has 0 aliphatic carbocycles. The second-order valence-electron chi connectivity index (χ2n) is 6.36. The van der Waals surface area contributed by atoms with E-state index in [1.807, 2.05) is 6.92 Å². The number of hydrogen-bond donors (Lipinski definition) is 0. The number of hydrazone groups is 1. The molecule has 136 valence electrons. The lowest BCUT2D eigenvalue weighted by Crippen LogP contribution is -2.39. The molecule has 26 heavy (non-hydrogen) atoms. The molecule has 0 saturated carbocycles. The number of amides is 2. The van der Waals surface area contributed by atoms with E-state index < -0.39 is 29.7 Å². The van der Waals surface area contributed by atoms with E-state index in [1.54, 1.807) is 24.3 Å². The average molecular weight is 357 g/mol. The van der Waals surface area contributed by atoms with Crippen molar-refractivity contribution in [1.82, 2.24) is 5.01 Å². The van der Waals surface area contributed by atoms with Crippen LogP contribution in [-0.4, -0.2) is 54.0 Å². The van der Waals surface area contributed by atoms with Crippen molar-refractivity contribution in [2.45, 2.75) is 26.3 Å². The van der Waals surface area contributed by atoms with E-state index in [-0.39, 0.29) is 24.5 Å². The van der Waals surface area contributed by atoms with Gasteiger partial charge >= 0.3 is 5.97 Å². The van der Waals surface area contributed by atoms with Gasteiger partial charge in [-0.15, -0.1) is 0 Å². The molecule has 0 radical (unpaired) electrons. The Morgan fingerprint density at radius 3 is 2.38 bits per heavy atom. The number of ketones is 1. The number of carbonyl (C=O) groups is 4. The number of Topliss-reactive ketones (excluding diaryl/α,β-unsaturated/α-hetero) is 1. The lowest BCUT2D eigenvalue weighted by Gasteiger charge is -2.21. The van der Waals surface area contributed by atoms with E-state index in [1.165, 1.54) is 19.0 Å². The number of benzene rings is 1. The molecule has 2 heterocycles. The zero-order chi connectivity index (χ0) is 19.0. The van der Waals surface area contributed by atoms with Gasteiger partial charge in [0.1, 0.15) is 17.7 Å². The first-order valence-electron chi connectivity index (χ1n) is 8.22. The topological polar surface area (TPSA) is 96.3 Å². The van der Waals surface area contributed by atoms with Crippen LogP contribution in [0.1, 0.15) is 18.9 Å². The standard InChI is InChI=1S/C18H19N3O5/c1-10-4-6-12(7-5-10)21-16(23)13-14(18(25)26-3)19-20(9-8-11(2)22)15(13)17(21)24/h4-7,13,15H,8-9H2,1-3H3/t13-,15+/m1/s1. The van der Waals surface area contributed by atoms with Gasteiger partial charge in [-0.05, 0) is 26.0 Å². The molecule has 2 aliphatic heterocycles. The van der Waals surface area contributed by atoms with Crippen molar-refractivity contribution in [2.24, 2.45) is 11.0 Å². The van der Waals surface area contributed by atoms with Crippen molar-refractivity contribution in [3.63, 3.8) is 0 Å². The van der Waals surface area contributed by atoms with Crippen molar-refractivity contribution >= 4 is 35.0 Å². The fourth-order valence-electron chi connectivity index (χ4n) is 3.17. The van der Waals surface area contributed by atoms with Crippen molar-refractivity contribution in [3.05, 3.63) is 29.8 Å². The fourth-order valence-corrected chi connectivity index (χ4v) is 3.17. The summed E-state index contributed by atoms with van der Waals surface area (Å²) >= 11 is 0. The van der Waals surface area contributed by atoms with E-state index in [9.17, 15) is 19.2 Å². The van der Waals surface area contributed by atoms with E-state index in [0.717, 1.165) is 10.5 Å². The van der Waals surface area contributed by atoms with Gasteiger partial charge in [-0.3, -0.25) is 19.4 Å². The van der Waals surface area contributed by atoms with Crippen LogP contribution in [0.25, 0.3) is 0 Å². The predicted molar refractivity (Wildman–Crippen MR) is 92.4 cm³/mol. The van der Waals surface area contributed by atoms with Gasteiger partial charge in [0.15, 0.2) is 5.71 Å². The molecule has 0 N–H and O–H groups in total. The molecule has 2 aliphatic rings. The van der Waals surface area contributed by atoms with Crippen LogP contribution in [0.2, 0.25) is 0 Å². The summed E-state index contributed by atoms with van der Waals surface area (Å²) in [7, 11) is 1.19. The minimum atomic E-state index is -1.02. The van der Waals surface area contributed by atoms with Crippen LogP contribution in [0, 0.1) is 12.8 Å². The summed E-state index contributed by atoms with van der Waals surface area (Å²) in [5.41, 5.74) is 1.33. The molecule has 0 spiro atoms. The van der Waals surface area contributed by atoms with Gasteiger partial charge in [-0.2, -0.15) is 5.10 Å². The number of aryl methyl sites for hydroxylation is 1. The first-order chi connectivity index (χ1) is 12.3. The van der Waals surface area contributed by atoms with Crippen LogP contribution in [0.3, 0.4) is 0 Å². The number of imide groups is 1. The van der Waals surface area contributed by atoms with Gasteiger partial charge in [-0.25, -0.2) is 9.69 Å². The van der Waals surface area contributed by atoms with Gasteiger partial charge in [0.25, 0.3) is 5.91 Å². The fraction of sp³-hybridized carbons (Fsp3) is 0.389. The van der Waals surface area contributed by atoms with Gasteiger partial charge in [-0.1, -0.05) is 17.7 Å². The molecular weight excluding hydrogens is 338 g/mol. The van der Waals surface area contributed by atoms with Crippen molar-refractivity contribution in [2.75, 3.05) is 18.6 Å². The largest absolute Gasteiger partial charge is 0.464 e. The molecule has 0 aromatic heterocycles. The Morgan fingerprint density at radius 2 is 1.81 bits per heavy atom. The highest BCUT2D eigenvalue weighted by Crippen LogP contribution is 2.35. The molecule has 3 rings (SSSR count). The normalized spacial score (nSPS) is 21.7. The lowest BCUT2D eigenvalue weighted by atomic mass is 9.98. The number of anilines is 1. The highest BCUT2D eigenvalue weighted by Gasteiger charge is 2.58. The van der Waals surface area contributed by atoms with Crippen molar-refractivity contribution < 1.29 is 23.9 Å². The highest BCUT2D eigenvalue weighted by atomic mass is 16.5. The monoisotopic (exact) mass is 357 g/mol. The zero-order valence-electron chi connectivity index (χ0n) is 14.8. The van der Waals surface area contributed by atoms with E-state index in [0.29, 0.717) is 5.69 Å². The molecule has 2 amide bonds. The SMILES string of the molecule is COC(=O)C1=NN(CCC(C)=O)[C@@H]2C(=O)N(c3ccc(C)cc3)C(=O)[C@H]12. The summed E-state index contributed by atoms with van der Waals surface area (Å²) in [5, 5.41) is 5.47. The third-order valence-electron chi connectivity index (χ3n) is 4.51. The molecule has 2 atom stereocenters. The Bertz CT molecular complexity index is 815. The number of esters is 1. The number of fused-ring (bicyclic) bond motifs is 1. The Labute approximate surface area is 150 Å². The van der Waals surface area contributed by atoms with Crippen LogP contribution >= 0.6 is 0 Å². The third-order valence-corrected chi connectivity index (χ3v) is 4.51. The van der Waals surface area contributed by atoms with Crippen LogP contribution in [-0.2, 0) is 23.9 Å². The van der Waals surface area contributed by atoms with Crippen molar-refractivity contribution in [1.29, 1.82) is 0 Å². The second-order valence-corrected chi connectivity index (χ2v) is 6.36. The molecule has 1 aromatic carbocycles. The Hall–Kier alpha value is -3.03. The van der Waals surface area contributed by atoms with Crippen LogP contribution < -0.4 is 4.90 Å². The Kier molecular flexibility index (Phi) is 4.58. The van der Waals surface area contributed by atoms with E-state index >= 15 is 0 Å². The molecule has 1 fully saturated rings. The predicted octanol–water partition coefficient (Wildman–Crippen LogP) is 0.677. The van der Waals surface area contributed by atoms with Crippen LogP contribution in [0.5, 0.6) is 0 Å².